The molecular weight excluding hydrogens is 292 g/mol. The van der Waals surface area contributed by atoms with Gasteiger partial charge in [0.2, 0.25) is 0 Å². The summed E-state index contributed by atoms with van der Waals surface area (Å²) in [4.78, 5) is 6.81. The molecule has 0 radical (unpaired) electrons. The summed E-state index contributed by atoms with van der Waals surface area (Å²) in [5, 5.41) is 3.49. The van der Waals surface area contributed by atoms with Crippen molar-refractivity contribution in [2.45, 2.75) is 31.3 Å². The Morgan fingerprint density at radius 2 is 2.32 bits per heavy atom. The molecule has 0 amide bonds. The minimum atomic E-state index is 0.344. The van der Waals surface area contributed by atoms with Gasteiger partial charge >= 0.3 is 0 Å². The number of anilines is 2. The second-order valence-electron chi connectivity index (χ2n) is 6.01. The van der Waals surface area contributed by atoms with Crippen LogP contribution < -0.4 is 16.0 Å². The van der Waals surface area contributed by atoms with E-state index < -0.39 is 0 Å². The van der Waals surface area contributed by atoms with Gasteiger partial charge in [-0.25, -0.2) is 4.98 Å². The SMILES string of the molecule is CSCC1=CN(c2ccc(N[C@H]3CC[C@H](N)C3)nc2)CC=C1. The van der Waals surface area contributed by atoms with Gasteiger partial charge in [0.05, 0.1) is 11.9 Å². The maximum atomic E-state index is 5.96. The summed E-state index contributed by atoms with van der Waals surface area (Å²) < 4.78 is 0. The Bertz CT molecular complexity index is 552. The number of nitrogens with two attached hydrogens (primary N) is 1. The Balaban J connectivity index is 1.63. The lowest BCUT2D eigenvalue weighted by atomic mass is 10.2. The molecule has 118 valence electrons. The molecule has 4 nitrogen and oxygen atoms in total. The smallest absolute Gasteiger partial charge is 0.126 e. The first kappa shape index (κ1) is 15.4. The van der Waals surface area contributed by atoms with E-state index in [-0.39, 0.29) is 0 Å². The van der Waals surface area contributed by atoms with Crippen molar-refractivity contribution < 1.29 is 0 Å². The average molecular weight is 316 g/mol. The van der Waals surface area contributed by atoms with Crippen LogP contribution in [0.3, 0.4) is 0 Å². The predicted octanol–water partition coefficient (Wildman–Crippen LogP) is 3.00. The summed E-state index contributed by atoms with van der Waals surface area (Å²) in [6, 6.07) is 5.02. The number of nitrogens with one attached hydrogen (secondary N) is 1. The fourth-order valence-corrected chi connectivity index (χ4v) is 3.55. The van der Waals surface area contributed by atoms with Gasteiger partial charge in [0.1, 0.15) is 5.82 Å². The van der Waals surface area contributed by atoms with Crippen molar-refractivity contribution in [3.63, 3.8) is 0 Å². The molecule has 1 aromatic rings. The van der Waals surface area contributed by atoms with Gasteiger partial charge in [0.25, 0.3) is 0 Å². The Labute approximate surface area is 136 Å². The van der Waals surface area contributed by atoms with Crippen molar-refractivity contribution in [3.05, 3.63) is 42.3 Å². The highest BCUT2D eigenvalue weighted by Gasteiger charge is 2.21. The fourth-order valence-electron chi connectivity index (χ4n) is 3.04. The van der Waals surface area contributed by atoms with Crippen molar-refractivity contribution in [2.75, 3.05) is 28.8 Å². The molecule has 0 spiro atoms. The Kier molecular flexibility index (Phi) is 5.05. The zero-order valence-electron chi connectivity index (χ0n) is 13.0. The van der Waals surface area contributed by atoms with E-state index in [0.717, 1.165) is 43.1 Å². The van der Waals surface area contributed by atoms with E-state index in [4.69, 9.17) is 5.73 Å². The first-order chi connectivity index (χ1) is 10.7. The normalized spacial score (nSPS) is 24.5. The topological polar surface area (TPSA) is 54.2 Å². The van der Waals surface area contributed by atoms with Crippen LogP contribution in [0.25, 0.3) is 0 Å². The van der Waals surface area contributed by atoms with Crippen molar-refractivity contribution >= 4 is 23.3 Å². The van der Waals surface area contributed by atoms with Crippen LogP contribution in [0, 0.1) is 0 Å². The van der Waals surface area contributed by atoms with Gasteiger partial charge in [-0.1, -0.05) is 12.2 Å². The molecule has 1 aliphatic heterocycles. The predicted molar refractivity (Wildman–Crippen MR) is 96.4 cm³/mol. The number of hydrogen-bond acceptors (Lipinski definition) is 5. The molecule has 1 aromatic heterocycles. The van der Waals surface area contributed by atoms with Crippen LogP contribution in [-0.2, 0) is 0 Å². The number of nitrogens with zero attached hydrogens (tertiary/aromatic N) is 2. The Hall–Kier alpha value is -1.46. The molecule has 1 saturated carbocycles. The first-order valence-electron chi connectivity index (χ1n) is 7.85. The van der Waals surface area contributed by atoms with Gasteiger partial charge in [0, 0.05) is 30.6 Å². The molecule has 1 fully saturated rings. The molecule has 22 heavy (non-hydrogen) atoms. The monoisotopic (exact) mass is 316 g/mol. The van der Waals surface area contributed by atoms with Crippen LogP contribution in [0.4, 0.5) is 11.5 Å². The molecule has 0 unspecified atom stereocenters. The summed E-state index contributed by atoms with van der Waals surface area (Å²) >= 11 is 1.84. The highest BCUT2D eigenvalue weighted by Crippen LogP contribution is 2.23. The average Bonchev–Trinajstić information content (AvgIpc) is 2.94. The van der Waals surface area contributed by atoms with Crippen molar-refractivity contribution in [3.8, 4) is 0 Å². The highest BCUT2D eigenvalue weighted by atomic mass is 32.2. The molecule has 0 bridgehead atoms. The number of aromatic nitrogens is 1. The third-order valence-corrected chi connectivity index (χ3v) is 4.79. The van der Waals surface area contributed by atoms with E-state index in [0.29, 0.717) is 12.1 Å². The number of thioether (sulfide) groups is 1. The van der Waals surface area contributed by atoms with E-state index in [9.17, 15) is 0 Å². The van der Waals surface area contributed by atoms with Crippen molar-refractivity contribution in [1.82, 2.24) is 4.98 Å². The minimum Gasteiger partial charge on any atom is -0.367 e. The highest BCUT2D eigenvalue weighted by molar-refractivity contribution is 7.98. The lowest BCUT2D eigenvalue weighted by molar-refractivity contribution is 0.686. The number of hydrogen-bond donors (Lipinski definition) is 2. The second kappa shape index (κ2) is 7.20. The maximum absolute atomic E-state index is 5.96. The zero-order valence-corrected chi connectivity index (χ0v) is 13.9. The number of allylic oxidation sites excluding steroid dienone is 1. The van der Waals surface area contributed by atoms with Crippen LogP contribution in [0.15, 0.2) is 42.3 Å². The molecule has 1 aliphatic carbocycles. The van der Waals surface area contributed by atoms with Gasteiger partial charge in [-0.15, -0.1) is 0 Å². The molecule has 3 rings (SSSR count). The van der Waals surface area contributed by atoms with Crippen molar-refractivity contribution in [1.29, 1.82) is 0 Å². The van der Waals surface area contributed by atoms with E-state index in [1.54, 1.807) is 0 Å². The maximum Gasteiger partial charge on any atom is 0.126 e. The summed E-state index contributed by atoms with van der Waals surface area (Å²) in [5.74, 6) is 1.99. The van der Waals surface area contributed by atoms with Crippen LogP contribution in [0.5, 0.6) is 0 Å². The fraction of sp³-hybridized carbons (Fsp3) is 0.471. The standard InChI is InChI=1S/C17H24N4S/c1-22-12-13-3-2-8-21(11-13)16-6-7-17(19-10-16)20-15-5-4-14(18)9-15/h2-3,6-7,10-11,14-15H,4-5,8-9,12,18H2,1H3,(H,19,20)/t14-,15-/m0/s1. The van der Waals surface area contributed by atoms with Crippen LogP contribution >= 0.6 is 11.8 Å². The van der Waals surface area contributed by atoms with E-state index >= 15 is 0 Å². The molecule has 3 N–H and O–H groups in total. The van der Waals surface area contributed by atoms with Gasteiger partial charge < -0.3 is 16.0 Å². The summed E-state index contributed by atoms with van der Waals surface area (Å²) in [5.41, 5.74) is 8.44. The van der Waals surface area contributed by atoms with Gasteiger partial charge in [-0.05, 0) is 43.2 Å². The Morgan fingerprint density at radius 1 is 1.41 bits per heavy atom. The third kappa shape index (κ3) is 3.84. The number of pyridine rings is 1. The molecule has 2 aliphatic rings. The summed E-state index contributed by atoms with van der Waals surface area (Å²) in [6.45, 7) is 0.907. The third-order valence-electron chi connectivity index (χ3n) is 4.17. The number of rotatable bonds is 5. The lowest BCUT2D eigenvalue weighted by Gasteiger charge is -2.23. The van der Waals surface area contributed by atoms with Gasteiger partial charge in [-0.3, -0.25) is 0 Å². The lowest BCUT2D eigenvalue weighted by Crippen LogP contribution is -2.22. The van der Waals surface area contributed by atoms with E-state index in [1.807, 2.05) is 18.0 Å². The minimum absolute atomic E-state index is 0.344. The summed E-state index contributed by atoms with van der Waals surface area (Å²) in [6.07, 6.45) is 14.0. The van der Waals surface area contributed by atoms with Crippen molar-refractivity contribution in [2.24, 2.45) is 5.73 Å². The first-order valence-corrected chi connectivity index (χ1v) is 9.25. The molecule has 5 heteroatoms. The van der Waals surface area contributed by atoms with Crippen LogP contribution in [0.1, 0.15) is 19.3 Å². The zero-order chi connectivity index (χ0) is 15.4. The van der Waals surface area contributed by atoms with Gasteiger partial charge in [0.15, 0.2) is 0 Å². The second-order valence-corrected chi connectivity index (χ2v) is 6.87. The molecule has 0 aromatic carbocycles. The van der Waals surface area contributed by atoms with E-state index in [1.165, 1.54) is 5.57 Å². The van der Waals surface area contributed by atoms with E-state index in [2.05, 4.69) is 51.9 Å². The summed E-state index contributed by atoms with van der Waals surface area (Å²) in [7, 11) is 0. The molecule has 2 atom stereocenters. The molecule has 0 saturated heterocycles. The van der Waals surface area contributed by atoms with Crippen LogP contribution in [-0.4, -0.2) is 35.6 Å². The Morgan fingerprint density at radius 3 is 3.00 bits per heavy atom. The quantitative estimate of drug-likeness (QED) is 0.874. The van der Waals surface area contributed by atoms with Gasteiger partial charge in [-0.2, -0.15) is 11.8 Å². The molecule has 2 heterocycles. The van der Waals surface area contributed by atoms with Crippen LogP contribution in [0.2, 0.25) is 0 Å². The largest absolute Gasteiger partial charge is 0.367 e. The molecular formula is C17H24N4S.